The van der Waals surface area contributed by atoms with Crippen molar-refractivity contribution in [2.75, 3.05) is 13.2 Å². The quantitative estimate of drug-likeness (QED) is 0.652. The van der Waals surface area contributed by atoms with Crippen molar-refractivity contribution in [1.29, 1.82) is 5.26 Å². The Bertz CT molecular complexity index is 261. The highest BCUT2D eigenvalue weighted by Gasteiger charge is 2.52. The molecule has 2 fully saturated rings. The van der Waals surface area contributed by atoms with Crippen LogP contribution in [0.3, 0.4) is 0 Å². The summed E-state index contributed by atoms with van der Waals surface area (Å²) in [7, 11) is 0. The van der Waals surface area contributed by atoms with E-state index in [1.54, 1.807) is 0 Å². The Hall–Kier alpha value is -0.590. The summed E-state index contributed by atoms with van der Waals surface area (Å²) in [5.74, 6) is 0. The van der Waals surface area contributed by atoms with Crippen LogP contribution in [0.4, 0.5) is 0 Å². The molecule has 2 aliphatic heterocycles. The van der Waals surface area contributed by atoms with E-state index in [-0.39, 0.29) is 11.5 Å². The summed E-state index contributed by atoms with van der Waals surface area (Å²) < 4.78 is 11.2. The van der Waals surface area contributed by atoms with Gasteiger partial charge in [-0.15, -0.1) is 0 Å². The minimum atomic E-state index is -0.239. The number of fused-ring (bicyclic) bond motifs is 2. The first-order valence-electron chi connectivity index (χ1n) is 5.95. The molecule has 0 aromatic heterocycles. The van der Waals surface area contributed by atoms with Gasteiger partial charge in [-0.05, 0) is 32.1 Å². The molecule has 0 amide bonds. The predicted octanol–water partition coefficient (Wildman–Crippen LogP) is 2.26. The average Bonchev–Trinajstić information content (AvgIpc) is 2.85. The van der Waals surface area contributed by atoms with Crippen LogP contribution in [0.2, 0.25) is 0 Å². The lowest BCUT2D eigenvalue weighted by Crippen LogP contribution is -2.32. The second-order valence-corrected chi connectivity index (χ2v) is 4.66. The van der Waals surface area contributed by atoms with Crippen LogP contribution < -0.4 is 0 Å². The van der Waals surface area contributed by atoms with Crippen molar-refractivity contribution in [1.82, 2.24) is 0 Å². The van der Waals surface area contributed by atoms with Crippen molar-refractivity contribution < 1.29 is 9.47 Å². The maximum atomic E-state index is 9.31. The lowest BCUT2D eigenvalue weighted by Gasteiger charge is -2.27. The first-order valence-corrected chi connectivity index (χ1v) is 5.95. The van der Waals surface area contributed by atoms with Crippen LogP contribution in [0.5, 0.6) is 0 Å². The summed E-state index contributed by atoms with van der Waals surface area (Å²) in [5.41, 5.74) is -0.239. The zero-order valence-corrected chi connectivity index (χ0v) is 9.37. The molecule has 3 heteroatoms. The van der Waals surface area contributed by atoms with Gasteiger partial charge in [-0.3, -0.25) is 0 Å². The van der Waals surface area contributed by atoms with Gasteiger partial charge >= 0.3 is 0 Å². The molecular weight excluding hydrogens is 190 g/mol. The van der Waals surface area contributed by atoms with Gasteiger partial charge in [0.05, 0.1) is 23.7 Å². The Balaban J connectivity index is 1.85. The highest BCUT2D eigenvalue weighted by molar-refractivity contribution is 5.12. The third-order valence-electron chi connectivity index (χ3n) is 3.58. The molecule has 3 atom stereocenters. The van der Waals surface area contributed by atoms with Crippen LogP contribution in [0.1, 0.15) is 39.0 Å². The third kappa shape index (κ3) is 2.02. The lowest BCUT2D eigenvalue weighted by molar-refractivity contribution is 0.0560. The van der Waals surface area contributed by atoms with Crippen molar-refractivity contribution in [2.45, 2.75) is 51.2 Å². The largest absolute Gasteiger partial charge is 0.381 e. The molecule has 0 radical (unpaired) electrons. The first kappa shape index (κ1) is 10.9. The molecule has 3 nitrogen and oxygen atoms in total. The number of ether oxygens (including phenoxy) is 2. The summed E-state index contributed by atoms with van der Waals surface area (Å²) in [4.78, 5) is 0. The molecule has 15 heavy (non-hydrogen) atoms. The molecular formula is C12H19NO2. The number of nitrogens with zero attached hydrogens (tertiary/aromatic N) is 1. The van der Waals surface area contributed by atoms with E-state index >= 15 is 0 Å². The fourth-order valence-electron chi connectivity index (χ4n) is 2.74. The predicted molar refractivity (Wildman–Crippen MR) is 56.3 cm³/mol. The molecule has 2 aliphatic rings. The van der Waals surface area contributed by atoms with Crippen molar-refractivity contribution in [3.63, 3.8) is 0 Å². The molecule has 0 aromatic rings. The molecule has 2 heterocycles. The van der Waals surface area contributed by atoms with E-state index in [1.165, 1.54) is 0 Å². The van der Waals surface area contributed by atoms with Gasteiger partial charge in [0.25, 0.3) is 0 Å². The normalized spacial score (nSPS) is 38.1. The zero-order valence-electron chi connectivity index (χ0n) is 9.37. The summed E-state index contributed by atoms with van der Waals surface area (Å²) in [6.07, 6.45) is 5.53. The summed E-state index contributed by atoms with van der Waals surface area (Å²) in [6, 6.07) is 2.48. The Morgan fingerprint density at radius 3 is 2.87 bits per heavy atom. The molecule has 2 saturated heterocycles. The minimum absolute atomic E-state index is 0.178. The molecule has 0 aromatic carbocycles. The Kier molecular flexibility index (Phi) is 3.28. The van der Waals surface area contributed by atoms with Gasteiger partial charge in [0, 0.05) is 13.2 Å². The highest BCUT2D eigenvalue weighted by atomic mass is 16.5. The zero-order chi connectivity index (χ0) is 10.7. The van der Waals surface area contributed by atoms with E-state index in [0.29, 0.717) is 12.7 Å². The molecule has 0 spiro atoms. The number of hydrogen-bond acceptors (Lipinski definition) is 3. The second-order valence-electron chi connectivity index (χ2n) is 4.66. The molecule has 0 N–H and O–H groups in total. The number of rotatable bonds is 5. The summed E-state index contributed by atoms with van der Waals surface area (Å²) >= 11 is 0. The molecule has 0 saturated carbocycles. The van der Waals surface area contributed by atoms with Crippen molar-refractivity contribution in [3.8, 4) is 6.07 Å². The fourth-order valence-corrected chi connectivity index (χ4v) is 2.74. The van der Waals surface area contributed by atoms with Crippen molar-refractivity contribution in [2.24, 2.45) is 5.41 Å². The van der Waals surface area contributed by atoms with Crippen LogP contribution >= 0.6 is 0 Å². The van der Waals surface area contributed by atoms with Crippen LogP contribution in [-0.4, -0.2) is 25.4 Å². The Morgan fingerprint density at radius 1 is 1.47 bits per heavy atom. The van der Waals surface area contributed by atoms with Crippen LogP contribution in [0.25, 0.3) is 0 Å². The van der Waals surface area contributed by atoms with Crippen molar-refractivity contribution in [3.05, 3.63) is 0 Å². The fraction of sp³-hybridized carbons (Fsp3) is 0.917. The molecule has 0 aliphatic carbocycles. The third-order valence-corrected chi connectivity index (χ3v) is 3.58. The van der Waals surface area contributed by atoms with E-state index in [2.05, 4.69) is 13.0 Å². The summed E-state index contributed by atoms with van der Waals surface area (Å²) in [5, 5.41) is 9.31. The van der Waals surface area contributed by atoms with Gasteiger partial charge in [-0.1, -0.05) is 6.92 Å². The molecule has 3 unspecified atom stereocenters. The molecule has 84 valence electrons. The monoisotopic (exact) mass is 209 g/mol. The molecule has 2 rings (SSSR count). The van der Waals surface area contributed by atoms with E-state index < -0.39 is 0 Å². The van der Waals surface area contributed by atoms with Gasteiger partial charge in [-0.25, -0.2) is 0 Å². The Labute approximate surface area is 91.4 Å². The highest BCUT2D eigenvalue weighted by Crippen LogP contribution is 2.49. The van der Waals surface area contributed by atoms with E-state index in [9.17, 15) is 5.26 Å². The van der Waals surface area contributed by atoms with Crippen LogP contribution in [-0.2, 0) is 9.47 Å². The van der Waals surface area contributed by atoms with Gasteiger partial charge in [0.15, 0.2) is 0 Å². The average molecular weight is 209 g/mol. The van der Waals surface area contributed by atoms with Gasteiger partial charge < -0.3 is 9.47 Å². The molecule has 2 bridgehead atoms. The number of hydrogen-bond donors (Lipinski definition) is 0. The minimum Gasteiger partial charge on any atom is -0.381 e. The standard InChI is InChI=1S/C12H19NO2/c1-2-6-14-7-5-12(9-13)8-10-3-4-11(12)15-10/h10-11H,2-8H2,1H3. The van der Waals surface area contributed by atoms with E-state index in [1.807, 2.05) is 0 Å². The topological polar surface area (TPSA) is 42.2 Å². The SMILES string of the molecule is CCCOCCC1(C#N)CC2CCC1O2. The van der Waals surface area contributed by atoms with Gasteiger partial charge in [0.1, 0.15) is 0 Å². The maximum Gasteiger partial charge on any atom is 0.0881 e. The second kappa shape index (κ2) is 4.51. The van der Waals surface area contributed by atoms with E-state index in [0.717, 1.165) is 38.7 Å². The smallest absolute Gasteiger partial charge is 0.0881 e. The van der Waals surface area contributed by atoms with Crippen LogP contribution in [0.15, 0.2) is 0 Å². The maximum absolute atomic E-state index is 9.31. The number of nitriles is 1. The first-order chi connectivity index (χ1) is 7.30. The summed E-state index contributed by atoms with van der Waals surface area (Å²) in [6.45, 7) is 3.60. The van der Waals surface area contributed by atoms with Crippen LogP contribution in [0, 0.1) is 16.7 Å². The van der Waals surface area contributed by atoms with Gasteiger partial charge in [0.2, 0.25) is 0 Å². The van der Waals surface area contributed by atoms with E-state index in [4.69, 9.17) is 9.47 Å². The van der Waals surface area contributed by atoms with Crippen molar-refractivity contribution >= 4 is 0 Å². The lowest BCUT2D eigenvalue weighted by atomic mass is 9.73. The Morgan fingerprint density at radius 2 is 2.33 bits per heavy atom. The van der Waals surface area contributed by atoms with Gasteiger partial charge in [-0.2, -0.15) is 5.26 Å².